The average molecular weight is 412 g/mol. The van der Waals surface area contributed by atoms with Gasteiger partial charge in [-0.2, -0.15) is 0 Å². The molecule has 28 heavy (non-hydrogen) atoms. The zero-order valence-corrected chi connectivity index (χ0v) is 17.6. The fraction of sp³-hybridized carbons (Fsp3) is 0.261. The SMILES string of the molecule is C[C@@H](OCCCNC(=O)c1ccccc1SCc1cccs1)c1ccccc1. The summed E-state index contributed by atoms with van der Waals surface area (Å²) >= 11 is 3.44. The summed E-state index contributed by atoms with van der Waals surface area (Å²) in [4.78, 5) is 14.9. The Hall–Kier alpha value is -2.08. The van der Waals surface area contributed by atoms with Crippen molar-refractivity contribution in [3.63, 3.8) is 0 Å². The van der Waals surface area contributed by atoms with Gasteiger partial charge in [-0.1, -0.05) is 48.5 Å². The predicted octanol–water partition coefficient (Wildman–Crippen LogP) is 5.94. The zero-order valence-electron chi connectivity index (χ0n) is 16.0. The maximum atomic E-state index is 12.6. The highest BCUT2D eigenvalue weighted by Gasteiger charge is 2.11. The quantitative estimate of drug-likeness (QED) is 0.331. The third-order valence-corrected chi connectivity index (χ3v) is 6.51. The van der Waals surface area contributed by atoms with E-state index in [1.165, 1.54) is 10.4 Å². The van der Waals surface area contributed by atoms with Crippen molar-refractivity contribution in [3.8, 4) is 0 Å². The van der Waals surface area contributed by atoms with E-state index in [0.29, 0.717) is 13.2 Å². The Morgan fingerprint density at radius 2 is 1.86 bits per heavy atom. The first-order valence-electron chi connectivity index (χ1n) is 9.43. The van der Waals surface area contributed by atoms with Gasteiger partial charge in [-0.15, -0.1) is 23.1 Å². The van der Waals surface area contributed by atoms with Crippen molar-refractivity contribution < 1.29 is 9.53 Å². The summed E-state index contributed by atoms with van der Waals surface area (Å²) in [5.41, 5.74) is 1.91. The summed E-state index contributed by atoms with van der Waals surface area (Å²) in [6, 6.07) is 22.1. The maximum Gasteiger partial charge on any atom is 0.252 e. The molecular weight excluding hydrogens is 386 g/mol. The Kier molecular flexibility index (Phi) is 8.15. The fourth-order valence-corrected chi connectivity index (χ4v) is 4.60. The number of hydrogen-bond acceptors (Lipinski definition) is 4. The van der Waals surface area contributed by atoms with Crippen molar-refractivity contribution in [2.24, 2.45) is 0 Å². The highest BCUT2D eigenvalue weighted by molar-refractivity contribution is 7.98. The van der Waals surface area contributed by atoms with Crippen LogP contribution in [0.2, 0.25) is 0 Å². The van der Waals surface area contributed by atoms with E-state index in [0.717, 1.165) is 22.6 Å². The molecule has 0 bridgehead atoms. The van der Waals surface area contributed by atoms with Crippen molar-refractivity contribution in [2.75, 3.05) is 13.2 Å². The van der Waals surface area contributed by atoms with Crippen LogP contribution in [-0.4, -0.2) is 19.1 Å². The van der Waals surface area contributed by atoms with E-state index in [1.54, 1.807) is 23.1 Å². The molecule has 3 nitrogen and oxygen atoms in total. The van der Waals surface area contributed by atoms with Gasteiger partial charge >= 0.3 is 0 Å². The number of carbonyl (C=O) groups is 1. The Morgan fingerprint density at radius 3 is 2.64 bits per heavy atom. The molecule has 0 unspecified atom stereocenters. The van der Waals surface area contributed by atoms with E-state index in [1.807, 2.05) is 42.5 Å². The minimum Gasteiger partial charge on any atom is -0.374 e. The molecule has 0 spiro atoms. The molecule has 0 saturated carbocycles. The van der Waals surface area contributed by atoms with Gasteiger partial charge in [0, 0.05) is 28.7 Å². The molecule has 0 aliphatic heterocycles. The average Bonchev–Trinajstić information content (AvgIpc) is 3.26. The number of nitrogens with one attached hydrogen (secondary N) is 1. The van der Waals surface area contributed by atoms with Gasteiger partial charge < -0.3 is 10.1 Å². The van der Waals surface area contributed by atoms with E-state index in [4.69, 9.17) is 4.74 Å². The first-order valence-corrected chi connectivity index (χ1v) is 11.3. The van der Waals surface area contributed by atoms with Crippen LogP contribution in [0.3, 0.4) is 0 Å². The van der Waals surface area contributed by atoms with Crippen LogP contribution in [0.15, 0.2) is 77.0 Å². The van der Waals surface area contributed by atoms with Crippen molar-refractivity contribution in [3.05, 3.63) is 88.1 Å². The molecule has 146 valence electrons. The van der Waals surface area contributed by atoms with Gasteiger partial charge in [-0.05, 0) is 42.5 Å². The fourth-order valence-electron chi connectivity index (χ4n) is 2.77. The molecule has 1 amide bonds. The Labute approximate surface area is 175 Å². The topological polar surface area (TPSA) is 38.3 Å². The highest BCUT2D eigenvalue weighted by atomic mass is 32.2. The molecule has 0 aliphatic rings. The van der Waals surface area contributed by atoms with Gasteiger partial charge in [0.15, 0.2) is 0 Å². The second kappa shape index (κ2) is 11.1. The van der Waals surface area contributed by atoms with Gasteiger partial charge in [0.2, 0.25) is 0 Å². The number of amides is 1. The standard InChI is InChI=1S/C23H25NO2S2/c1-18(19-9-3-2-4-10-19)26-15-8-14-24-23(25)21-12-5-6-13-22(21)28-17-20-11-7-16-27-20/h2-7,9-13,16,18H,8,14-15,17H2,1H3,(H,24,25)/t18-/m1/s1. The van der Waals surface area contributed by atoms with Crippen LogP contribution in [0, 0.1) is 0 Å². The minimum atomic E-state index is -0.0228. The number of thiophene rings is 1. The van der Waals surface area contributed by atoms with Gasteiger partial charge in [-0.25, -0.2) is 0 Å². The molecule has 2 aromatic carbocycles. The lowest BCUT2D eigenvalue weighted by atomic mass is 10.1. The van der Waals surface area contributed by atoms with Crippen molar-refractivity contribution in [1.82, 2.24) is 5.32 Å². The summed E-state index contributed by atoms with van der Waals surface area (Å²) in [6.45, 7) is 3.27. The largest absolute Gasteiger partial charge is 0.374 e. The van der Waals surface area contributed by atoms with Gasteiger partial charge in [-0.3, -0.25) is 4.79 Å². The molecule has 0 fully saturated rings. The molecule has 5 heteroatoms. The molecule has 3 rings (SSSR count). The number of carbonyl (C=O) groups excluding carboxylic acids is 1. The molecule has 1 atom stereocenters. The number of ether oxygens (including phenoxy) is 1. The Bertz CT molecular complexity index is 850. The van der Waals surface area contributed by atoms with E-state index in [2.05, 4.69) is 41.9 Å². The zero-order chi connectivity index (χ0) is 19.6. The lowest BCUT2D eigenvalue weighted by molar-refractivity contribution is 0.0634. The molecule has 0 saturated heterocycles. The number of thioether (sulfide) groups is 1. The minimum absolute atomic E-state index is 0.0228. The lowest BCUT2D eigenvalue weighted by Gasteiger charge is -2.14. The van der Waals surface area contributed by atoms with Crippen LogP contribution < -0.4 is 5.32 Å². The third-order valence-electron chi connectivity index (χ3n) is 4.33. The molecule has 1 heterocycles. The molecule has 0 radical (unpaired) electrons. The third kappa shape index (κ3) is 6.23. The molecule has 3 aromatic rings. The molecule has 1 aromatic heterocycles. The van der Waals surface area contributed by atoms with Crippen molar-refractivity contribution in [1.29, 1.82) is 0 Å². The van der Waals surface area contributed by atoms with Crippen LogP contribution in [0.1, 0.15) is 40.2 Å². The summed E-state index contributed by atoms with van der Waals surface area (Å²) < 4.78 is 5.86. The Balaban J connectivity index is 1.42. The normalized spacial score (nSPS) is 11.9. The number of benzene rings is 2. The first kappa shape index (κ1) is 20.6. The van der Waals surface area contributed by atoms with E-state index < -0.39 is 0 Å². The van der Waals surface area contributed by atoms with Gasteiger partial charge in [0.25, 0.3) is 5.91 Å². The molecular formula is C23H25NO2S2. The smallest absolute Gasteiger partial charge is 0.252 e. The monoisotopic (exact) mass is 411 g/mol. The van der Waals surface area contributed by atoms with Crippen LogP contribution in [-0.2, 0) is 10.5 Å². The number of hydrogen-bond donors (Lipinski definition) is 1. The second-order valence-corrected chi connectivity index (χ2v) is 8.45. The lowest BCUT2D eigenvalue weighted by Crippen LogP contribution is -2.25. The highest BCUT2D eigenvalue weighted by Crippen LogP contribution is 2.27. The van der Waals surface area contributed by atoms with E-state index in [9.17, 15) is 4.79 Å². The molecule has 0 aliphatic carbocycles. The first-order chi connectivity index (χ1) is 13.7. The van der Waals surface area contributed by atoms with Gasteiger partial charge in [0.05, 0.1) is 11.7 Å². The van der Waals surface area contributed by atoms with Crippen molar-refractivity contribution >= 4 is 29.0 Å². The van der Waals surface area contributed by atoms with E-state index >= 15 is 0 Å². The van der Waals surface area contributed by atoms with E-state index in [-0.39, 0.29) is 12.0 Å². The second-order valence-electron chi connectivity index (χ2n) is 6.40. The van der Waals surface area contributed by atoms with Crippen molar-refractivity contribution in [2.45, 2.75) is 30.1 Å². The summed E-state index contributed by atoms with van der Waals surface area (Å²) in [5.74, 6) is 0.859. The van der Waals surface area contributed by atoms with Crippen LogP contribution in [0.25, 0.3) is 0 Å². The number of rotatable bonds is 10. The van der Waals surface area contributed by atoms with Crippen LogP contribution >= 0.6 is 23.1 Å². The summed E-state index contributed by atoms with van der Waals surface area (Å²) in [7, 11) is 0. The van der Waals surface area contributed by atoms with Crippen LogP contribution in [0.5, 0.6) is 0 Å². The van der Waals surface area contributed by atoms with Crippen LogP contribution in [0.4, 0.5) is 0 Å². The predicted molar refractivity (Wildman–Crippen MR) is 118 cm³/mol. The summed E-state index contributed by atoms with van der Waals surface area (Å²) in [5, 5.41) is 5.09. The summed E-state index contributed by atoms with van der Waals surface area (Å²) in [6.07, 6.45) is 0.847. The molecule has 1 N–H and O–H groups in total. The van der Waals surface area contributed by atoms with Gasteiger partial charge in [0.1, 0.15) is 0 Å². The Morgan fingerprint density at radius 1 is 1.07 bits per heavy atom. The maximum absolute atomic E-state index is 12.6.